The molecule has 0 radical (unpaired) electrons. The molecule has 0 aromatic carbocycles. The zero-order valence-corrected chi connectivity index (χ0v) is 10.4. The van der Waals surface area contributed by atoms with Crippen molar-refractivity contribution in [1.82, 2.24) is 0 Å². The average molecular weight is 204 g/mol. The van der Waals surface area contributed by atoms with Gasteiger partial charge in [-0.3, -0.25) is 0 Å². The van der Waals surface area contributed by atoms with Crippen LogP contribution in [-0.2, 0) is 0 Å². The first kappa shape index (κ1) is 11.0. The molecule has 0 nitrogen and oxygen atoms in total. The zero-order valence-electron chi connectivity index (χ0n) is 10.4. The summed E-state index contributed by atoms with van der Waals surface area (Å²) >= 11 is 0. The molecule has 0 heteroatoms. The van der Waals surface area contributed by atoms with Crippen molar-refractivity contribution < 1.29 is 0 Å². The van der Waals surface area contributed by atoms with E-state index >= 15 is 0 Å². The molecule has 2 aliphatic rings. The van der Waals surface area contributed by atoms with E-state index in [9.17, 15) is 0 Å². The molecule has 0 aliphatic heterocycles. The van der Waals surface area contributed by atoms with Crippen molar-refractivity contribution in [2.75, 3.05) is 0 Å². The van der Waals surface area contributed by atoms with Crippen LogP contribution in [0.5, 0.6) is 0 Å². The Morgan fingerprint density at radius 1 is 1.47 bits per heavy atom. The molecule has 0 spiro atoms. The first-order valence-electron chi connectivity index (χ1n) is 6.50. The summed E-state index contributed by atoms with van der Waals surface area (Å²) < 4.78 is 0. The highest BCUT2D eigenvalue weighted by Gasteiger charge is 2.31. The molecule has 2 aliphatic carbocycles. The molecule has 84 valence electrons. The Bertz CT molecular complexity index is 278. The fourth-order valence-corrected chi connectivity index (χ4v) is 3.28. The first-order valence-corrected chi connectivity index (χ1v) is 6.50. The van der Waals surface area contributed by atoms with Gasteiger partial charge in [0.25, 0.3) is 0 Å². The SMILES string of the molecule is CC(C)=CC(C)CCC1=CC2CCC1C2. The van der Waals surface area contributed by atoms with Gasteiger partial charge in [-0.2, -0.15) is 0 Å². The Morgan fingerprint density at radius 2 is 2.27 bits per heavy atom. The Morgan fingerprint density at radius 3 is 2.80 bits per heavy atom. The lowest BCUT2D eigenvalue weighted by Gasteiger charge is -2.15. The predicted molar refractivity (Wildman–Crippen MR) is 66.7 cm³/mol. The van der Waals surface area contributed by atoms with Crippen LogP contribution in [0.25, 0.3) is 0 Å². The van der Waals surface area contributed by atoms with Crippen LogP contribution in [-0.4, -0.2) is 0 Å². The summed E-state index contributed by atoms with van der Waals surface area (Å²) in [5, 5.41) is 0. The second-order valence-electron chi connectivity index (χ2n) is 5.77. The van der Waals surface area contributed by atoms with E-state index in [4.69, 9.17) is 0 Å². The van der Waals surface area contributed by atoms with Crippen molar-refractivity contribution in [1.29, 1.82) is 0 Å². The maximum Gasteiger partial charge on any atom is -0.0197 e. The molecule has 0 aromatic rings. The van der Waals surface area contributed by atoms with Gasteiger partial charge in [-0.25, -0.2) is 0 Å². The second kappa shape index (κ2) is 4.55. The highest BCUT2D eigenvalue weighted by atomic mass is 14.4. The van der Waals surface area contributed by atoms with Gasteiger partial charge < -0.3 is 0 Å². The van der Waals surface area contributed by atoms with Crippen molar-refractivity contribution in [2.45, 2.75) is 52.9 Å². The lowest BCUT2D eigenvalue weighted by Crippen LogP contribution is -2.00. The van der Waals surface area contributed by atoms with E-state index < -0.39 is 0 Å². The Kier molecular flexibility index (Phi) is 3.33. The highest BCUT2D eigenvalue weighted by Crippen LogP contribution is 2.45. The molecule has 0 amide bonds. The monoisotopic (exact) mass is 204 g/mol. The summed E-state index contributed by atoms with van der Waals surface area (Å²) in [5.41, 5.74) is 3.25. The van der Waals surface area contributed by atoms with Crippen molar-refractivity contribution in [3.63, 3.8) is 0 Å². The van der Waals surface area contributed by atoms with E-state index in [0.29, 0.717) is 0 Å². The molecule has 3 unspecified atom stereocenters. The van der Waals surface area contributed by atoms with Gasteiger partial charge in [0.2, 0.25) is 0 Å². The summed E-state index contributed by atoms with van der Waals surface area (Å²) in [6.45, 7) is 6.75. The van der Waals surface area contributed by atoms with Crippen LogP contribution >= 0.6 is 0 Å². The topological polar surface area (TPSA) is 0 Å². The van der Waals surface area contributed by atoms with Crippen molar-refractivity contribution in [2.24, 2.45) is 17.8 Å². The smallest absolute Gasteiger partial charge is 0.0197 e. The van der Waals surface area contributed by atoms with Gasteiger partial charge in [-0.15, -0.1) is 0 Å². The van der Waals surface area contributed by atoms with Crippen molar-refractivity contribution in [3.05, 3.63) is 23.3 Å². The van der Waals surface area contributed by atoms with E-state index in [1.54, 1.807) is 5.57 Å². The van der Waals surface area contributed by atoms with Gasteiger partial charge in [0.15, 0.2) is 0 Å². The van der Waals surface area contributed by atoms with E-state index in [2.05, 4.69) is 32.9 Å². The molecule has 15 heavy (non-hydrogen) atoms. The number of allylic oxidation sites excluding steroid dienone is 4. The fraction of sp³-hybridized carbons (Fsp3) is 0.733. The zero-order chi connectivity index (χ0) is 10.8. The molecule has 0 heterocycles. The molecule has 1 saturated carbocycles. The van der Waals surface area contributed by atoms with Gasteiger partial charge >= 0.3 is 0 Å². The third kappa shape index (κ3) is 2.74. The largest absolute Gasteiger partial charge is 0.0830 e. The Labute approximate surface area is 94.5 Å². The van der Waals surface area contributed by atoms with Crippen LogP contribution < -0.4 is 0 Å². The van der Waals surface area contributed by atoms with Gasteiger partial charge in [-0.05, 0) is 63.7 Å². The van der Waals surface area contributed by atoms with E-state index in [1.807, 2.05) is 0 Å². The lowest BCUT2D eigenvalue weighted by molar-refractivity contribution is 0.571. The van der Waals surface area contributed by atoms with Crippen LogP contribution in [0, 0.1) is 17.8 Å². The second-order valence-corrected chi connectivity index (χ2v) is 5.77. The summed E-state index contributed by atoms with van der Waals surface area (Å²) in [6, 6.07) is 0. The summed E-state index contributed by atoms with van der Waals surface area (Å²) in [4.78, 5) is 0. The summed E-state index contributed by atoms with van der Waals surface area (Å²) in [5.74, 6) is 2.70. The van der Waals surface area contributed by atoms with E-state index in [-0.39, 0.29) is 0 Å². The number of fused-ring (bicyclic) bond motifs is 2. The minimum absolute atomic E-state index is 0.759. The van der Waals surface area contributed by atoms with Gasteiger partial charge in [0, 0.05) is 0 Å². The van der Waals surface area contributed by atoms with Crippen LogP contribution in [0.15, 0.2) is 23.3 Å². The molecule has 2 rings (SSSR count). The van der Waals surface area contributed by atoms with Gasteiger partial charge in [-0.1, -0.05) is 30.2 Å². The maximum atomic E-state index is 2.59. The molecular weight excluding hydrogens is 180 g/mol. The number of hydrogen-bond acceptors (Lipinski definition) is 0. The predicted octanol–water partition coefficient (Wildman–Crippen LogP) is 4.73. The molecule has 0 saturated heterocycles. The fourth-order valence-electron chi connectivity index (χ4n) is 3.28. The molecule has 0 N–H and O–H groups in total. The van der Waals surface area contributed by atoms with E-state index in [1.165, 1.54) is 37.7 Å². The average Bonchev–Trinajstić information content (AvgIpc) is 2.74. The molecule has 1 fully saturated rings. The first-order chi connectivity index (χ1) is 7.15. The summed E-state index contributed by atoms with van der Waals surface area (Å²) in [6.07, 6.45) is 12.1. The van der Waals surface area contributed by atoms with Crippen LogP contribution in [0.3, 0.4) is 0 Å². The normalized spacial score (nSPS) is 30.2. The third-order valence-electron chi connectivity index (χ3n) is 3.95. The van der Waals surface area contributed by atoms with Crippen molar-refractivity contribution >= 4 is 0 Å². The minimum Gasteiger partial charge on any atom is -0.0830 e. The lowest BCUT2D eigenvalue weighted by atomic mass is 9.91. The van der Waals surface area contributed by atoms with Crippen LogP contribution in [0.4, 0.5) is 0 Å². The van der Waals surface area contributed by atoms with Crippen LogP contribution in [0.2, 0.25) is 0 Å². The molecular formula is C15H24. The maximum absolute atomic E-state index is 2.59. The number of hydrogen-bond donors (Lipinski definition) is 0. The summed E-state index contributed by atoms with van der Waals surface area (Å²) in [7, 11) is 0. The Hall–Kier alpha value is -0.520. The van der Waals surface area contributed by atoms with E-state index in [0.717, 1.165) is 17.8 Å². The highest BCUT2D eigenvalue weighted by molar-refractivity contribution is 5.19. The van der Waals surface area contributed by atoms with Gasteiger partial charge in [0.1, 0.15) is 0 Å². The molecule has 0 aromatic heterocycles. The minimum atomic E-state index is 0.759. The van der Waals surface area contributed by atoms with Gasteiger partial charge in [0.05, 0.1) is 0 Å². The third-order valence-corrected chi connectivity index (χ3v) is 3.95. The standard InChI is InChI=1S/C15H24/c1-11(2)8-12(3)4-6-14-9-13-5-7-15(14)10-13/h8-9,12-13,15H,4-7,10H2,1-3H3. The van der Waals surface area contributed by atoms with Crippen LogP contribution in [0.1, 0.15) is 52.9 Å². The molecule has 3 atom stereocenters. The van der Waals surface area contributed by atoms with Crippen molar-refractivity contribution in [3.8, 4) is 0 Å². The quantitative estimate of drug-likeness (QED) is 0.581. The number of rotatable bonds is 4. The Balaban J connectivity index is 1.79. The molecule has 2 bridgehead atoms.